The quantitative estimate of drug-likeness (QED) is 0.645. The Kier molecular flexibility index (Phi) is 5.50. The van der Waals surface area contributed by atoms with Crippen molar-refractivity contribution in [2.24, 2.45) is 4.99 Å². The van der Waals surface area contributed by atoms with Crippen molar-refractivity contribution in [3.8, 4) is 0 Å². The first-order valence-corrected chi connectivity index (χ1v) is 9.55. The highest BCUT2D eigenvalue weighted by Gasteiger charge is 2.24. The van der Waals surface area contributed by atoms with Gasteiger partial charge in [-0.25, -0.2) is 9.67 Å². The van der Waals surface area contributed by atoms with E-state index in [-0.39, 0.29) is 6.04 Å². The zero-order valence-electron chi connectivity index (χ0n) is 14.6. The molecular weight excluding hydrogens is 320 g/mol. The summed E-state index contributed by atoms with van der Waals surface area (Å²) in [5.41, 5.74) is 0. The highest BCUT2D eigenvalue weighted by molar-refractivity contribution is 7.10. The summed E-state index contributed by atoms with van der Waals surface area (Å²) in [6.45, 7) is 8.83. The normalized spacial score (nSPS) is 19.0. The third-order valence-electron chi connectivity index (χ3n) is 4.19. The smallest absolute Gasteiger partial charge is 0.191 e. The minimum absolute atomic E-state index is 0.176. The van der Waals surface area contributed by atoms with Gasteiger partial charge in [0.25, 0.3) is 0 Å². The monoisotopic (exact) mass is 346 g/mol. The van der Waals surface area contributed by atoms with Crippen molar-refractivity contribution in [3.63, 3.8) is 0 Å². The molecular formula is C17H26N6S. The van der Waals surface area contributed by atoms with E-state index < -0.39 is 0 Å². The van der Waals surface area contributed by atoms with Gasteiger partial charge >= 0.3 is 0 Å². The lowest BCUT2D eigenvalue weighted by Gasteiger charge is -2.25. The van der Waals surface area contributed by atoms with E-state index in [2.05, 4.69) is 52.1 Å². The molecule has 2 aromatic heterocycles. The van der Waals surface area contributed by atoms with Gasteiger partial charge in [0.15, 0.2) is 5.96 Å². The molecule has 0 bridgehead atoms. The molecule has 2 aromatic rings. The third kappa shape index (κ3) is 3.95. The molecule has 1 aliphatic heterocycles. The molecule has 0 fully saturated rings. The molecule has 1 aliphatic rings. The largest absolute Gasteiger partial charge is 0.357 e. The zero-order chi connectivity index (χ0) is 16.9. The van der Waals surface area contributed by atoms with Crippen LogP contribution in [-0.2, 0) is 6.54 Å². The minimum Gasteiger partial charge on any atom is -0.357 e. The van der Waals surface area contributed by atoms with Crippen LogP contribution < -0.4 is 10.6 Å². The van der Waals surface area contributed by atoms with E-state index in [4.69, 9.17) is 4.99 Å². The molecule has 0 spiro atoms. The summed E-state index contributed by atoms with van der Waals surface area (Å²) in [5.74, 6) is 3.15. The maximum absolute atomic E-state index is 4.79. The second-order valence-corrected chi connectivity index (χ2v) is 7.19. The van der Waals surface area contributed by atoms with Crippen molar-refractivity contribution >= 4 is 17.3 Å². The van der Waals surface area contributed by atoms with Crippen LogP contribution in [0.25, 0.3) is 0 Å². The highest BCUT2D eigenvalue weighted by atomic mass is 32.1. The fraction of sp³-hybridized carbons (Fsp3) is 0.588. The Labute approximate surface area is 147 Å². The number of rotatable bonds is 5. The molecule has 0 saturated carbocycles. The lowest BCUT2D eigenvalue weighted by Crippen LogP contribution is -2.41. The van der Waals surface area contributed by atoms with Crippen molar-refractivity contribution in [2.75, 3.05) is 13.1 Å². The van der Waals surface area contributed by atoms with Gasteiger partial charge in [-0.15, -0.1) is 11.3 Å². The average Bonchev–Trinajstić information content (AvgIpc) is 3.21. The van der Waals surface area contributed by atoms with Crippen LogP contribution >= 0.6 is 11.3 Å². The first kappa shape index (κ1) is 17.0. The Bertz CT molecular complexity index is 675. The molecule has 3 rings (SSSR count). The van der Waals surface area contributed by atoms with Gasteiger partial charge in [-0.2, -0.15) is 5.10 Å². The summed E-state index contributed by atoms with van der Waals surface area (Å²) in [6, 6.07) is 4.45. The summed E-state index contributed by atoms with van der Waals surface area (Å²) >= 11 is 1.79. The number of thiophene rings is 1. The van der Waals surface area contributed by atoms with Crippen molar-refractivity contribution < 1.29 is 0 Å². The average molecular weight is 347 g/mol. The number of hydrogen-bond acceptors (Lipinski definition) is 4. The molecule has 6 nitrogen and oxygen atoms in total. The second-order valence-electron chi connectivity index (χ2n) is 6.22. The van der Waals surface area contributed by atoms with Crippen molar-refractivity contribution in [3.05, 3.63) is 34.0 Å². The number of aryl methyl sites for hydroxylation is 2. The molecule has 24 heavy (non-hydrogen) atoms. The van der Waals surface area contributed by atoms with Gasteiger partial charge in [0.2, 0.25) is 0 Å². The maximum Gasteiger partial charge on any atom is 0.191 e. The molecule has 3 heterocycles. The van der Waals surface area contributed by atoms with Gasteiger partial charge in [0, 0.05) is 23.9 Å². The van der Waals surface area contributed by atoms with Gasteiger partial charge in [-0.1, -0.05) is 13.0 Å². The van der Waals surface area contributed by atoms with E-state index in [1.165, 1.54) is 4.88 Å². The van der Waals surface area contributed by atoms with Crippen LogP contribution in [-0.4, -0.2) is 33.8 Å². The van der Waals surface area contributed by atoms with Crippen LogP contribution in [0.3, 0.4) is 0 Å². The summed E-state index contributed by atoms with van der Waals surface area (Å²) in [5, 5.41) is 13.5. The zero-order valence-corrected chi connectivity index (χ0v) is 15.4. The Hall–Kier alpha value is -1.89. The van der Waals surface area contributed by atoms with Gasteiger partial charge in [-0.05, 0) is 38.1 Å². The van der Waals surface area contributed by atoms with Crippen LogP contribution in [0.1, 0.15) is 55.2 Å². The minimum atomic E-state index is 0.176. The number of nitrogens with one attached hydrogen (secondary N) is 2. The number of hydrogen-bond donors (Lipinski definition) is 2. The van der Waals surface area contributed by atoms with E-state index in [0.717, 1.165) is 50.1 Å². The molecule has 0 amide bonds. The molecule has 0 aromatic carbocycles. The van der Waals surface area contributed by atoms with E-state index in [1.807, 2.05) is 11.6 Å². The molecule has 0 radical (unpaired) electrons. The van der Waals surface area contributed by atoms with Gasteiger partial charge < -0.3 is 10.6 Å². The number of fused-ring (bicyclic) bond motifs is 1. The van der Waals surface area contributed by atoms with Crippen molar-refractivity contribution in [2.45, 2.75) is 52.1 Å². The Morgan fingerprint density at radius 2 is 2.42 bits per heavy atom. The van der Waals surface area contributed by atoms with Crippen LogP contribution in [0.15, 0.2) is 22.5 Å². The summed E-state index contributed by atoms with van der Waals surface area (Å²) in [7, 11) is 0. The predicted molar refractivity (Wildman–Crippen MR) is 98.6 cm³/mol. The summed E-state index contributed by atoms with van der Waals surface area (Å²) in [4.78, 5) is 10.8. The Morgan fingerprint density at radius 1 is 1.54 bits per heavy atom. The van der Waals surface area contributed by atoms with Crippen LogP contribution in [0, 0.1) is 6.92 Å². The number of nitrogens with zero attached hydrogens (tertiary/aromatic N) is 4. The molecule has 0 aliphatic carbocycles. The predicted octanol–water partition coefficient (Wildman–Crippen LogP) is 2.84. The fourth-order valence-corrected chi connectivity index (χ4v) is 3.76. The molecule has 2 unspecified atom stereocenters. The van der Waals surface area contributed by atoms with Gasteiger partial charge in [0.05, 0.1) is 12.6 Å². The number of aliphatic imine (C=N–C) groups is 1. The van der Waals surface area contributed by atoms with Gasteiger partial charge in [-0.3, -0.25) is 4.99 Å². The number of guanidine groups is 1. The molecule has 130 valence electrons. The van der Waals surface area contributed by atoms with Crippen molar-refractivity contribution in [1.82, 2.24) is 25.4 Å². The molecule has 2 N–H and O–H groups in total. The molecule has 2 atom stereocenters. The number of aromatic nitrogens is 3. The maximum atomic E-state index is 4.79. The standard InChI is InChI=1S/C17H26N6S/c1-4-18-17(19-11-12(2)15-8-6-10-24-15)21-14-7-5-9-23-16(14)20-13(3)22-23/h6,8,10,12,14H,4-5,7,9,11H2,1-3H3,(H2,18,19,21). The van der Waals surface area contributed by atoms with E-state index in [1.54, 1.807) is 11.3 Å². The second kappa shape index (κ2) is 7.79. The summed E-state index contributed by atoms with van der Waals surface area (Å²) in [6.07, 6.45) is 2.17. The van der Waals surface area contributed by atoms with Crippen LogP contribution in [0.5, 0.6) is 0 Å². The van der Waals surface area contributed by atoms with E-state index >= 15 is 0 Å². The first-order valence-electron chi connectivity index (χ1n) is 8.67. The SMILES string of the molecule is CCNC(=NCC(C)c1cccs1)NC1CCCn2nc(C)nc21. The fourth-order valence-electron chi connectivity index (χ4n) is 2.98. The third-order valence-corrected chi connectivity index (χ3v) is 5.29. The summed E-state index contributed by atoms with van der Waals surface area (Å²) < 4.78 is 2.02. The first-order chi connectivity index (χ1) is 11.7. The Morgan fingerprint density at radius 3 is 3.17 bits per heavy atom. The lowest BCUT2D eigenvalue weighted by atomic mass is 10.1. The molecule has 7 heteroatoms. The van der Waals surface area contributed by atoms with Crippen molar-refractivity contribution in [1.29, 1.82) is 0 Å². The lowest BCUT2D eigenvalue weighted by molar-refractivity contribution is 0.397. The topological polar surface area (TPSA) is 67.1 Å². The van der Waals surface area contributed by atoms with Gasteiger partial charge in [0.1, 0.15) is 11.6 Å². The van der Waals surface area contributed by atoms with Crippen LogP contribution in [0.4, 0.5) is 0 Å². The van der Waals surface area contributed by atoms with E-state index in [9.17, 15) is 0 Å². The highest BCUT2D eigenvalue weighted by Crippen LogP contribution is 2.23. The van der Waals surface area contributed by atoms with E-state index in [0.29, 0.717) is 5.92 Å². The molecule has 0 saturated heterocycles. The van der Waals surface area contributed by atoms with Crippen LogP contribution in [0.2, 0.25) is 0 Å². The Balaban J connectivity index is 1.69.